The van der Waals surface area contributed by atoms with Crippen molar-refractivity contribution >= 4 is 11.9 Å². The molecule has 1 heterocycles. The Hall–Kier alpha value is -2.12. The van der Waals surface area contributed by atoms with Gasteiger partial charge < -0.3 is 19.1 Å². The van der Waals surface area contributed by atoms with Gasteiger partial charge in [0.1, 0.15) is 18.8 Å². The summed E-state index contributed by atoms with van der Waals surface area (Å²) in [7, 11) is 1.59. The number of benzene rings is 1. The predicted molar refractivity (Wildman–Crippen MR) is 95.4 cm³/mol. The lowest BCUT2D eigenvalue weighted by atomic mass is 10.2. The number of amides is 1. The molecule has 0 bridgehead atoms. The lowest BCUT2D eigenvalue weighted by Crippen LogP contribution is -3.14. The zero-order chi connectivity index (χ0) is 18.1. The van der Waals surface area contributed by atoms with Gasteiger partial charge in [-0.2, -0.15) is 0 Å². The molecule has 1 amide bonds. The van der Waals surface area contributed by atoms with Gasteiger partial charge in [-0.05, 0) is 38.1 Å². The highest BCUT2D eigenvalue weighted by Gasteiger charge is 2.14. The van der Waals surface area contributed by atoms with Crippen LogP contribution >= 0.6 is 0 Å². The zero-order valence-corrected chi connectivity index (χ0v) is 15.2. The van der Waals surface area contributed by atoms with E-state index in [1.54, 1.807) is 31.4 Å². The summed E-state index contributed by atoms with van der Waals surface area (Å²) >= 11 is 0. The van der Waals surface area contributed by atoms with E-state index in [0.717, 1.165) is 32.8 Å². The average molecular weight is 350 g/mol. The van der Waals surface area contributed by atoms with Crippen LogP contribution in [0.3, 0.4) is 0 Å². The molecule has 1 aromatic rings. The molecule has 0 unspecified atom stereocenters. The maximum Gasteiger partial charge on any atom is 0.292 e. The van der Waals surface area contributed by atoms with Gasteiger partial charge in [0.25, 0.3) is 11.9 Å². The first-order valence-electron chi connectivity index (χ1n) is 8.66. The van der Waals surface area contributed by atoms with Crippen LogP contribution in [0.2, 0.25) is 0 Å². The van der Waals surface area contributed by atoms with Gasteiger partial charge in [0.05, 0.1) is 39.5 Å². The summed E-state index contributed by atoms with van der Waals surface area (Å²) in [5.41, 5.74) is 0.527. The van der Waals surface area contributed by atoms with Crippen LogP contribution in [0.25, 0.3) is 0 Å². The number of morpholine rings is 1. The minimum Gasteiger partial charge on any atom is -0.497 e. The van der Waals surface area contributed by atoms with Crippen molar-refractivity contribution in [3.63, 3.8) is 0 Å². The summed E-state index contributed by atoms with van der Waals surface area (Å²) in [5, 5.41) is 2.75. The van der Waals surface area contributed by atoms with Crippen LogP contribution < -0.4 is 15.0 Å². The van der Waals surface area contributed by atoms with Crippen molar-refractivity contribution in [2.75, 3.05) is 46.5 Å². The number of methoxy groups -OCH3 is 1. The van der Waals surface area contributed by atoms with Gasteiger partial charge in [-0.15, -0.1) is 0 Å². The van der Waals surface area contributed by atoms with E-state index in [1.165, 1.54) is 4.90 Å². The first kappa shape index (κ1) is 19.2. The van der Waals surface area contributed by atoms with E-state index >= 15 is 0 Å². The molecule has 0 spiro atoms. The molecule has 7 nitrogen and oxygen atoms in total. The van der Waals surface area contributed by atoms with Crippen molar-refractivity contribution in [1.29, 1.82) is 0 Å². The molecule has 1 aliphatic rings. The fourth-order valence-corrected chi connectivity index (χ4v) is 2.47. The number of carbonyl (C=O) groups excluding carboxylic acids is 1. The molecule has 2 N–H and O–H groups in total. The summed E-state index contributed by atoms with van der Waals surface area (Å²) in [6, 6.07) is 7.18. The van der Waals surface area contributed by atoms with Crippen molar-refractivity contribution in [3.05, 3.63) is 29.8 Å². The number of nitrogens with one attached hydrogen (secondary N) is 2. The highest BCUT2D eigenvalue weighted by Crippen LogP contribution is 2.11. The summed E-state index contributed by atoms with van der Waals surface area (Å²) in [6.45, 7) is 8.88. The largest absolute Gasteiger partial charge is 0.497 e. The summed E-state index contributed by atoms with van der Waals surface area (Å²) in [4.78, 5) is 18.3. The van der Waals surface area contributed by atoms with Gasteiger partial charge in [-0.25, -0.2) is 4.99 Å². The van der Waals surface area contributed by atoms with Crippen molar-refractivity contribution < 1.29 is 23.9 Å². The van der Waals surface area contributed by atoms with Crippen molar-refractivity contribution in [2.24, 2.45) is 4.99 Å². The summed E-state index contributed by atoms with van der Waals surface area (Å²) < 4.78 is 16.1. The van der Waals surface area contributed by atoms with Crippen LogP contribution in [0.4, 0.5) is 0 Å². The van der Waals surface area contributed by atoms with E-state index in [4.69, 9.17) is 14.2 Å². The Morgan fingerprint density at radius 3 is 2.56 bits per heavy atom. The standard InChI is InChI=1S/C18H27N3O4/c1-14(2)25-18(19-8-9-21-10-12-24-13-11-21)20-17(22)15-4-6-16(23-3)7-5-15/h4-7,14H,8-13H2,1-3H3,(H,19,20,22)/p+1. The Morgan fingerprint density at radius 1 is 1.28 bits per heavy atom. The third-order valence-electron chi connectivity index (χ3n) is 3.84. The molecule has 0 aromatic heterocycles. The minimum atomic E-state index is -0.249. The number of quaternary nitrogens is 1. The Morgan fingerprint density at radius 2 is 1.96 bits per heavy atom. The van der Waals surface area contributed by atoms with Crippen LogP contribution in [0.1, 0.15) is 24.2 Å². The van der Waals surface area contributed by atoms with E-state index in [2.05, 4.69) is 10.3 Å². The van der Waals surface area contributed by atoms with E-state index in [1.807, 2.05) is 13.8 Å². The second-order valence-corrected chi connectivity index (χ2v) is 6.15. The SMILES string of the molecule is COc1ccc(C(=O)NC(=NCC[NH+]2CCOCC2)OC(C)C)cc1. The number of amidine groups is 1. The third-order valence-corrected chi connectivity index (χ3v) is 3.84. The summed E-state index contributed by atoms with van der Waals surface area (Å²) in [5.74, 6) is 0.457. The van der Waals surface area contributed by atoms with Crippen LogP contribution in [-0.2, 0) is 9.47 Å². The van der Waals surface area contributed by atoms with E-state index in [9.17, 15) is 4.79 Å². The lowest BCUT2D eigenvalue weighted by Gasteiger charge is -2.23. The maximum atomic E-state index is 12.4. The molecule has 0 radical (unpaired) electrons. The monoisotopic (exact) mass is 350 g/mol. The molecule has 0 atom stereocenters. The number of ether oxygens (including phenoxy) is 3. The van der Waals surface area contributed by atoms with Gasteiger partial charge in [0.2, 0.25) is 0 Å². The highest BCUT2D eigenvalue weighted by molar-refractivity contribution is 6.04. The van der Waals surface area contributed by atoms with Crippen LogP contribution in [0.5, 0.6) is 5.75 Å². The van der Waals surface area contributed by atoms with Crippen molar-refractivity contribution in [3.8, 4) is 5.75 Å². The molecular formula is C18H28N3O4+. The molecule has 138 valence electrons. The third kappa shape index (κ3) is 6.72. The number of aliphatic imine (C=N–C) groups is 1. The first-order valence-corrected chi connectivity index (χ1v) is 8.66. The number of rotatable bonds is 6. The van der Waals surface area contributed by atoms with Crippen LogP contribution in [-0.4, -0.2) is 64.5 Å². The topological polar surface area (TPSA) is 73.6 Å². The molecule has 1 aromatic carbocycles. The van der Waals surface area contributed by atoms with Gasteiger partial charge in [-0.1, -0.05) is 0 Å². The number of carbonyl (C=O) groups is 1. The second kappa shape index (κ2) is 10.0. The van der Waals surface area contributed by atoms with Crippen LogP contribution in [0, 0.1) is 0 Å². The Bertz CT molecular complexity index is 566. The smallest absolute Gasteiger partial charge is 0.292 e. The number of hydrogen-bond acceptors (Lipinski definition) is 5. The quantitative estimate of drug-likeness (QED) is 0.565. The predicted octanol–water partition coefficient (Wildman–Crippen LogP) is 0.121. The van der Waals surface area contributed by atoms with E-state index in [0.29, 0.717) is 17.9 Å². The molecule has 7 heteroatoms. The van der Waals surface area contributed by atoms with E-state index < -0.39 is 0 Å². The second-order valence-electron chi connectivity index (χ2n) is 6.15. The zero-order valence-electron chi connectivity index (χ0n) is 15.2. The Labute approximate surface area is 149 Å². The molecule has 1 fully saturated rings. The maximum absolute atomic E-state index is 12.4. The van der Waals surface area contributed by atoms with Gasteiger partial charge in [0, 0.05) is 5.56 Å². The normalized spacial score (nSPS) is 15.9. The Balaban J connectivity index is 1.92. The van der Waals surface area contributed by atoms with Crippen LogP contribution in [0.15, 0.2) is 29.3 Å². The molecule has 1 saturated heterocycles. The molecule has 0 saturated carbocycles. The Kier molecular flexibility index (Phi) is 7.69. The highest BCUT2D eigenvalue weighted by atomic mass is 16.5. The fraction of sp³-hybridized carbons (Fsp3) is 0.556. The average Bonchev–Trinajstić information content (AvgIpc) is 2.62. The number of hydrogen-bond donors (Lipinski definition) is 2. The fourth-order valence-electron chi connectivity index (χ4n) is 2.47. The molecule has 2 rings (SSSR count). The molecular weight excluding hydrogens is 322 g/mol. The molecule has 0 aliphatic carbocycles. The lowest BCUT2D eigenvalue weighted by molar-refractivity contribution is -0.906. The minimum absolute atomic E-state index is 0.0642. The number of nitrogens with zero attached hydrogens (tertiary/aromatic N) is 1. The molecule has 1 aliphatic heterocycles. The van der Waals surface area contributed by atoms with Gasteiger partial charge in [-0.3, -0.25) is 10.1 Å². The van der Waals surface area contributed by atoms with Crippen molar-refractivity contribution in [1.82, 2.24) is 5.32 Å². The molecule has 25 heavy (non-hydrogen) atoms. The van der Waals surface area contributed by atoms with E-state index in [-0.39, 0.29) is 18.0 Å². The van der Waals surface area contributed by atoms with Gasteiger partial charge >= 0.3 is 0 Å². The summed E-state index contributed by atoms with van der Waals surface area (Å²) in [6.07, 6.45) is -0.0642. The first-order chi connectivity index (χ1) is 12.1. The van der Waals surface area contributed by atoms with Gasteiger partial charge in [0.15, 0.2) is 0 Å². The van der Waals surface area contributed by atoms with Crippen molar-refractivity contribution in [2.45, 2.75) is 20.0 Å².